The summed E-state index contributed by atoms with van der Waals surface area (Å²) >= 11 is 0. The smallest absolute Gasteiger partial charge is 0.309 e. The molecule has 0 aliphatic carbocycles. The number of amides is 1. The number of hydrogen-bond acceptors (Lipinski definition) is 5. The fourth-order valence-electron chi connectivity index (χ4n) is 2.37. The number of methoxy groups -OCH3 is 1. The van der Waals surface area contributed by atoms with E-state index in [0.29, 0.717) is 13.1 Å². The lowest BCUT2D eigenvalue weighted by molar-refractivity contribution is -0.146. The van der Waals surface area contributed by atoms with Gasteiger partial charge in [0.25, 0.3) is 0 Å². The van der Waals surface area contributed by atoms with E-state index in [2.05, 4.69) is 6.07 Å². The number of rotatable bonds is 8. The molecule has 0 saturated carbocycles. The average Bonchev–Trinajstić information content (AvgIpc) is 2.60. The van der Waals surface area contributed by atoms with Gasteiger partial charge in [-0.15, -0.1) is 0 Å². The molecule has 6 heteroatoms. The van der Waals surface area contributed by atoms with E-state index in [4.69, 9.17) is 4.74 Å². The van der Waals surface area contributed by atoms with Crippen molar-refractivity contribution < 1.29 is 14.3 Å². The van der Waals surface area contributed by atoms with E-state index in [-0.39, 0.29) is 24.3 Å². The lowest BCUT2D eigenvalue weighted by Gasteiger charge is -2.32. The van der Waals surface area contributed by atoms with Crippen LogP contribution in [0.25, 0.3) is 0 Å². The molecule has 0 N–H and O–H groups in total. The fourth-order valence-corrected chi connectivity index (χ4v) is 2.37. The van der Waals surface area contributed by atoms with Crippen LogP contribution in [0.15, 0.2) is 30.3 Å². The highest BCUT2D eigenvalue weighted by Gasteiger charge is 2.29. The van der Waals surface area contributed by atoms with Crippen LogP contribution in [-0.4, -0.2) is 54.5 Å². The van der Waals surface area contributed by atoms with Crippen LogP contribution in [0.4, 0.5) is 0 Å². The summed E-state index contributed by atoms with van der Waals surface area (Å²) in [4.78, 5) is 27.7. The van der Waals surface area contributed by atoms with Crippen molar-refractivity contribution in [2.75, 3.05) is 27.2 Å². The molecule has 0 saturated heterocycles. The van der Waals surface area contributed by atoms with Gasteiger partial charge in [-0.1, -0.05) is 37.3 Å². The first-order valence-corrected chi connectivity index (χ1v) is 8.23. The number of nitriles is 1. The van der Waals surface area contributed by atoms with Gasteiger partial charge in [0, 0.05) is 20.1 Å². The van der Waals surface area contributed by atoms with Crippen LogP contribution in [0, 0.1) is 17.2 Å². The maximum Gasteiger partial charge on any atom is 0.309 e. The number of nitrogens with zero attached hydrogens (tertiary/aromatic N) is 3. The molecule has 136 valence electrons. The van der Waals surface area contributed by atoms with Crippen molar-refractivity contribution in [2.45, 2.75) is 32.9 Å². The summed E-state index contributed by atoms with van der Waals surface area (Å²) in [6.45, 7) is 6.23. The fraction of sp³-hybridized carbons (Fsp3) is 0.526. The monoisotopic (exact) mass is 345 g/mol. The Morgan fingerprint density at radius 2 is 1.88 bits per heavy atom. The average molecular weight is 345 g/mol. The molecule has 1 aromatic rings. The molecule has 1 rings (SSSR count). The van der Waals surface area contributed by atoms with Crippen LogP contribution in [-0.2, 0) is 20.9 Å². The molecule has 6 nitrogen and oxygen atoms in total. The van der Waals surface area contributed by atoms with Gasteiger partial charge in [-0.3, -0.25) is 14.5 Å². The van der Waals surface area contributed by atoms with Crippen molar-refractivity contribution in [1.29, 1.82) is 5.26 Å². The maximum atomic E-state index is 12.6. The standard InChI is InChI=1S/C19H27N3O3/c1-15(18(24)25-5)11-22(12-16-9-7-6-8-10-16)13-17(23)21(4)19(2,3)14-20/h6-10,15H,11-13H2,1-5H3/t15-/m1/s1. The zero-order valence-electron chi connectivity index (χ0n) is 15.7. The van der Waals surface area contributed by atoms with Gasteiger partial charge in [-0.2, -0.15) is 5.26 Å². The normalized spacial score (nSPS) is 12.4. The Balaban J connectivity index is 2.88. The second-order valence-electron chi connectivity index (χ2n) is 6.70. The Hall–Kier alpha value is -2.39. The van der Waals surface area contributed by atoms with Crippen molar-refractivity contribution in [2.24, 2.45) is 5.92 Å². The van der Waals surface area contributed by atoms with Crippen LogP contribution in [0.5, 0.6) is 0 Å². The first-order chi connectivity index (χ1) is 11.7. The van der Waals surface area contributed by atoms with Gasteiger partial charge >= 0.3 is 5.97 Å². The number of hydrogen-bond donors (Lipinski definition) is 0. The van der Waals surface area contributed by atoms with Crippen LogP contribution in [0.3, 0.4) is 0 Å². The van der Waals surface area contributed by atoms with Crippen molar-refractivity contribution in [3.05, 3.63) is 35.9 Å². The molecule has 0 radical (unpaired) electrons. The predicted molar refractivity (Wildman–Crippen MR) is 95.4 cm³/mol. The topological polar surface area (TPSA) is 73.6 Å². The largest absolute Gasteiger partial charge is 0.469 e. The zero-order valence-corrected chi connectivity index (χ0v) is 15.7. The quantitative estimate of drug-likeness (QED) is 0.674. The van der Waals surface area contributed by atoms with E-state index >= 15 is 0 Å². The number of ether oxygens (including phenoxy) is 1. The molecule has 0 aliphatic rings. The second-order valence-corrected chi connectivity index (χ2v) is 6.70. The highest BCUT2D eigenvalue weighted by atomic mass is 16.5. The molecule has 0 bridgehead atoms. The van der Waals surface area contributed by atoms with Gasteiger partial charge in [-0.25, -0.2) is 0 Å². The van der Waals surface area contributed by atoms with Gasteiger partial charge in [0.2, 0.25) is 5.91 Å². The SMILES string of the molecule is COC(=O)[C@H](C)CN(CC(=O)N(C)C(C)(C)C#N)Cc1ccccc1. The van der Waals surface area contributed by atoms with Gasteiger partial charge in [0.1, 0.15) is 5.54 Å². The minimum Gasteiger partial charge on any atom is -0.469 e. The number of esters is 1. The molecule has 0 unspecified atom stereocenters. The van der Waals surface area contributed by atoms with Crippen molar-refractivity contribution in [1.82, 2.24) is 9.80 Å². The highest BCUT2D eigenvalue weighted by Crippen LogP contribution is 2.13. The summed E-state index contributed by atoms with van der Waals surface area (Å²) in [7, 11) is 2.98. The molecular formula is C19H27N3O3. The molecule has 0 fully saturated rings. The van der Waals surface area contributed by atoms with Crippen LogP contribution >= 0.6 is 0 Å². The second kappa shape index (κ2) is 9.19. The van der Waals surface area contributed by atoms with Crippen molar-refractivity contribution >= 4 is 11.9 Å². The van der Waals surface area contributed by atoms with Gasteiger partial charge < -0.3 is 9.64 Å². The summed E-state index contributed by atoms with van der Waals surface area (Å²) in [6, 6.07) is 11.9. The van der Waals surface area contributed by atoms with E-state index < -0.39 is 5.54 Å². The van der Waals surface area contributed by atoms with Crippen LogP contribution in [0.2, 0.25) is 0 Å². The molecule has 0 heterocycles. The zero-order chi connectivity index (χ0) is 19.0. The van der Waals surface area contributed by atoms with E-state index in [0.717, 1.165) is 5.56 Å². The maximum absolute atomic E-state index is 12.6. The Bertz CT molecular complexity index is 623. The molecule has 1 aromatic carbocycles. The highest BCUT2D eigenvalue weighted by molar-refractivity contribution is 5.79. The third-order valence-corrected chi connectivity index (χ3v) is 4.23. The van der Waals surface area contributed by atoms with Gasteiger partial charge in [0.05, 0.1) is 25.6 Å². The van der Waals surface area contributed by atoms with Crippen molar-refractivity contribution in [3.63, 3.8) is 0 Å². The minimum atomic E-state index is -0.885. The summed E-state index contributed by atoms with van der Waals surface area (Å²) in [5.41, 5.74) is 0.165. The Kier molecular flexibility index (Phi) is 7.59. The molecule has 1 atom stereocenters. The molecule has 25 heavy (non-hydrogen) atoms. The lowest BCUT2D eigenvalue weighted by Crippen LogP contribution is -2.48. The number of likely N-dealkylation sites (N-methyl/N-ethyl adjacent to an activating group) is 1. The summed E-state index contributed by atoms with van der Waals surface area (Å²) in [5.74, 6) is -0.827. The first kappa shape index (κ1) is 20.7. The third kappa shape index (κ3) is 6.20. The van der Waals surface area contributed by atoms with E-state index in [1.165, 1.54) is 12.0 Å². The first-order valence-electron chi connectivity index (χ1n) is 8.23. The third-order valence-electron chi connectivity index (χ3n) is 4.23. The van der Waals surface area contributed by atoms with E-state index in [9.17, 15) is 14.9 Å². The Morgan fingerprint density at radius 1 is 1.28 bits per heavy atom. The van der Waals surface area contributed by atoms with E-state index in [1.54, 1.807) is 27.8 Å². The number of carbonyl (C=O) groups excluding carboxylic acids is 2. The van der Waals surface area contributed by atoms with Crippen LogP contribution in [0.1, 0.15) is 26.3 Å². The Morgan fingerprint density at radius 3 is 2.40 bits per heavy atom. The molecule has 0 aromatic heterocycles. The van der Waals surface area contributed by atoms with Gasteiger partial charge in [-0.05, 0) is 19.4 Å². The Labute approximate surface area is 150 Å². The van der Waals surface area contributed by atoms with Crippen LogP contribution < -0.4 is 0 Å². The molecule has 0 spiro atoms. The summed E-state index contributed by atoms with van der Waals surface area (Å²) < 4.78 is 4.78. The molecule has 1 amide bonds. The van der Waals surface area contributed by atoms with Crippen molar-refractivity contribution in [3.8, 4) is 6.07 Å². The minimum absolute atomic E-state index is 0.123. The summed E-state index contributed by atoms with van der Waals surface area (Å²) in [5, 5.41) is 9.21. The molecule has 0 aliphatic heterocycles. The summed E-state index contributed by atoms with van der Waals surface area (Å²) in [6.07, 6.45) is 0. The lowest BCUT2D eigenvalue weighted by atomic mass is 10.1. The van der Waals surface area contributed by atoms with E-state index in [1.807, 2.05) is 35.2 Å². The number of carbonyl (C=O) groups is 2. The predicted octanol–water partition coefficient (Wildman–Crippen LogP) is 2.06. The number of benzene rings is 1. The molecular weight excluding hydrogens is 318 g/mol. The van der Waals surface area contributed by atoms with Gasteiger partial charge in [0.15, 0.2) is 0 Å².